The third-order valence-electron chi connectivity index (χ3n) is 2.35. The molecule has 2 N–H and O–H groups in total. The van der Waals surface area contributed by atoms with E-state index in [1.165, 1.54) is 12.1 Å². The number of anilines is 1. The quantitative estimate of drug-likeness (QED) is 0.611. The lowest BCUT2D eigenvalue weighted by molar-refractivity contribution is 0.0982. The first kappa shape index (κ1) is 17.3. The van der Waals surface area contributed by atoms with E-state index in [9.17, 15) is 18.0 Å². The normalized spacial score (nSPS) is 11.0. The average molecular weight is 336 g/mol. The van der Waals surface area contributed by atoms with Gasteiger partial charge in [0.1, 0.15) is 0 Å². The molecule has 0 aromatic heterocycles. The van der Waals surface area contributed by atoms with Gasteiger partial charge in [-0.15, -0.1) is 0 Å². The summed E-state index contributed by atoms with van der Waals surface area (Å²) in [4.78, 5) is 22.8. The van der Waals surface area contributed by atoms with Gasteiger partial charge in [0.2, 0.25) is 0 Å². The number of nitrogens with one attached hydrogen (secondary N) is 1. The van der Waals surface area contributed by atoms with Gasteiger partial charge >= 0.3 is 16.2 Å². The first-order valence-corrected chi connectivity index (χ1v) is 8.10. The second-order valence-corrected chi connectivity index (χ2v) is 6.14. The molecule has 1 rings (SSSR count). The summed E-state index contributed by atoms with van der Waals surface area (Å²) in [5, 5.41) is 10.6. The number of carbonyl (C=O) groups excluding carboxylic acids is 1. The van der Waals surface area contributed by atoms with Crippen LogP contribution in [0, 0.1) is 0 Å². The van der Waals surface area contributed by atoms with Gasteiger partial charge in [0.05, 0.1) is 22.5 Å². The summed E-state index contributed by atoms with van der Waals surface area (Å²) in [6.07, 6.45) is 0.128. The van der Waals surface area contributed by atoms with Crippen LogP contribution in [0.2, 0.25) is 5.02 Å². The van der Waals surface area contributed by atoms with Crippen molar-refractivity contribution in [1.29, 1.82) is 0 Å². The molecular weight excluding hydrogens is 322 g/mol. The minimum absolute atomic E-state index is 0.0215. The van der Waals surface area contributed by atoms with E-state index in [-0.39, 0.29) is 28.4 Å². The smallest absolute Gasteiger partial charge is 0.409 e. The SMILES string of the molecule is CCCC(=O)c1c(NC(=O)O)ccc(OS(C)(=O)=O)c1Cl. The Morgan fingerprint density at radius 3 is 2.48 bits per heavy atom. The maximum atomic E-state index is 12.1. The average Bonchev–Trinajstić information content (AvgIpc) is 2.31. The molecule has 0 radical (unpaired) electrons. The second-order valence-electron chi connectivity index (χ2n) is 4.19. The molecule has 21 heavy (non-hydrogen) atoms. The lowest BCUT2D eigenvalue weighted by Gasteiger charge is -2.13. The summed E-state index contributed by atoms with van der Waals surface area (Å²) >= 11 is 5.99. The molecule has 0 aliphatic rings. The van der Waals surface area contributed by atoms with Crippen LogP contribution in [-0.2, 0) is 10.1 Å². The van der Waals surface area contributed by atoms with Crippen LogP contribution in [0.25, 0.3) is 0 Å². The molecule has 0 fully saturated rings. The van der Waals surface area contributed by atoms with Crippen molar-refractivity contribution in [2.75, 3.05) is 11.6 Å². The summed E-state index contributed by atoms with van der Waals surface area (Å²) in [5.41, 5.74) is -0.131. The molecule has 0 saturated carbocycles. The third kappa shape index (κ3) is 4.91. The van der Waals surface area contributed by atoms with Gasteiger partial charge in [0.25, 0.3) is 0 Å². The minimum atomic E-state index is -3.82. The number of hydrogen-bond acceptors (Lipinski definition) is 5. The number of rotatable bonds is 6. The first-order chi connectivity index (χ1) is 9.65. The summed E-state index contributed by atoms with van der Waals surface area (Å²) < 4.78 is 27.0. The highest BCUT2D eigenvalue weighted by Crippen LogP contribution is 2.35. The number of carboxylic acid groups (broad SMARTS) is 1. The van der Waals surface area contributed by atoms with Crippen LogP contribution in [0.4, 0.5) is 10.5 Å². The summed E-state index contributed by atoms with van der Waals surface area (Å²) in [5.74, 6) is -0.639. The maximum Gasteiger partial charge on any atom is 0.409 e. The van der Waals surface area contributed by atoms with Crippen molar-refractivity contribution < 1.29 is 27.3 Å². The topological polar surface area (TPSA) is 110 Å². The van der Waals surface area contributed by atoms with Crippen molar-refractivity contribution in [2.45, 2.75) is 19.8 Å². The van der Waals surface area contributed by atoms with E-state index < -0.39 is 22.0 Å². The van der Waals surface area contributed by atoms with E-state index in [1.807, 2.05) is 5.32 Å². The zero-order valence-electron chi connectivity index (χ0n) is 11.3. The van der Waals surface area contributed by atoms with Crippen LogP contribution >= 0.6 is 11.6 Å². The Bertz CT molecular complexity index is 671. The van der Waals surface area contributed by atoms with Crippen molar-refractivity contribution >= 4 is 39.3 Å². The number of halogens is 1. The Labute approximate surface area is 127 Å². The number of carbonyl (C=O) groups is 2. The van der Waals surface area contributed by atoms with E-state index in [1.54, 1.807) is 6.92 Å². The Hall–Kier alpha value is -1.80. The summed E-state index contributed by atoms with van der Waals surface area (Å²) in [6.45, 7) is 1.77. The van der Waals surface area contributed by atoms with Crippen LogP contribution in [-0.4, -0.2) is 31.7 Å². The Kier molecular flexibility index (Phi) is 5.56. The van der Waals surface area contributed by atoms with Crippen LogP contribution in [0.3, 0.4) is 0 Å². The van der Waals surface area contributed by atoms with E-state index in [0.717, 1.165) is 6.26 Å². The summed E-state index contributed by atoms with van der Waals surface area (Å²) in [7, 11) is -3.82. The van der Waals surface area contributed by atoms with Gasteiger partial charge in [-0.3, -0.25) is 10.1 Å². The van der Waals surface area contributed by atoms with Gasteiger partial charge < -0.3 is 9.29 Å². The molecule has 1 amide bonds. The van der Waals surface area contributed by atoms with E-state index in [4.69, 9.17) is 16.7 Å². The van der Waals surface area contributed by atoms with Crippen molar-refractivity contribution in [1.82, 2.24) is 0 Å². The molecule has 0 spiro atoms. The van der Waals surface area contributed by atoms with Crippen molar-refractivity contribution in [3.05, 3.63) is 22.7 Å². The monoisotopic (exact) mass is 335 g/mol. The van der Waals surface area contributed by atoms with Gasteiger partial charge in [-0.2, -0.15) is 8.42 Å². The molecule has 0 atom stereocenters. The largest absolute Gasteiger partial charge is 0.465 e. The van der Waals surface area contributed by atoms with Crippen LogP contribution in [0.5, 0.6) is 5.75 Å². The van der Waals surface area contributed by atoms with Crippen LogP contribution < -0.4 is 9.50 Å². The Morgan fingerprint density at radius 1 is 1.38 bits per heavy atom. The Balaban J connectivity index is 3.39. The molecular formula is C12H14ClNO6S. The van der Waals surface area contributed by atoms with E-state index >= 15 is 0 Å². The molecule has 0 heterocycles. The molecule has 0 saturated heterocycles. The van der Waals surface area contributed by atoms with Gasteiger partial charge in [-0.25, -0.2) is 4.79 Å². The van der Waals surface area contributed by atoms with Gasteiger partial charge in [-0.05, 0) is 18.6 Å². The van der Waals surface area contributed by atoms with Gasteiger partial charge in [-0.1, -0.05) is 18.5 Å². The molecule has 1 aromatic rings. The molecule has 0 aliphatic carbocycles. The molecule has 7 nitrogen and oxygen atoms in total. The third-order valence-corrected chi connectivity index (χ3v) is 3.20. The molecule has 1 aromatic carbocycles. The zero-order chi connectivity index (χ0) is 16.2. The first-order valence-electron chi connectivity index (χ1n) is 5.90. The fourth-order valence-corrected chi connectivity index (χ4v) is 2.45. The molecule has 0 aliphatic heterocycles. The number of Topliss-reactive ketones (excluding diaryl/α,β-unsaturated/α-hetero) is 1. The van der Waals surface area contributed by atoms with E-state index in [0.29, 0.717) is 6.42 Å². The van der Waals surface area contributed by atoms with Crippen LogP contribution in [0.15, 0.2) is 12.1 Å². The number of amides is 1. The second kappa shape index (κ2) is 6.77. The lowest BCUT2D eigenvalue weighted by Crippen LogP contribution is -2.14. The fraction of sp³-hybridized carbons (Fsp3) is 0.333. The highest BCUT2D eigenvalue weighted by Gasteiger charge is 2.21. The molecule has 0 unspecified atom stereocenters. The highest BCUT2D eigenvalue weighted by molar-refractivity contribution is 7.86. The predicted molar refractivity (Wildman–Crippen MR) is 77.8 cm³/mol. The van der Waals surface area contributed by atoms with Crippen molar-refractivity contribution in [3.8, 4) is 5.75 Å². The maximum absolute atomic E-state index is 12.1. The number of ketones is 1. The van der Waals surface area contributed by atoms with Crippen LogP contribution in [0.1, 0.15) is 30.1 Å². The standard InChI is InChI=1S/C12H14ClNO6S/c1-3-4-8(15)10-7(14-12(16)17)5-6-9(11(10)13)20-21(2,18)19/h5-6,14H,3-4H2,1-2H3,(H,16,17). The number of hydrogen-bond donors (Lipinski definition) is 2. The van der Waals surface area contributed by atoms with E-state index in [2.05, 4.69) is 4.18 Å². The molecule has 9 heteroatoms. The van der Waals surface area contributed by atoms with Crippen molar-refractivity contribution in [3.63, 3.8) is 0 Å². The summed E-state index contributed by atoms with van der Waals surface area (Å²) in [6, 6.07) is 2.40. The minimum Gasteiger partial charge on any atom is -0.465 e. The predicted octanol–water partition coefficient (Wildman–Crippen LogP) is 2.75. The number of benzene rings is 1. The lowest BCUT2D eigenvalue weighted by atomic mass is 10.0. The fourth-order valence-electron chi connectivity index (χ4n) is 1.63. The van der Waals surface area contributed by atoms with Gasteiger partial charge in [0, 0.05) is 6.42 Å². The van der Waals surface area contributed by atoms with Crippen molar-refractivity contribution in [2.24, 2.45) is 0 Å². The van der Waals surface area contributed by atoms with Gasteiger partial charge in [0.15, 0.2) is 11.5 Å². The Morgan fingerprint density at radius 2 is 2.00 bits per heavy atom. The zero-order valence-corrected chi connectivity index (χ0v) is 12.9. The molecule has 116 valence electrons. The highest BCUT2D eigenvalue weighted by atomic mass is 35.5. The molecule has 0 bridgehead atoms.